The summed E-state index contributed by atoms with van der Waals surface area (Å²) in [4.78, 5) is 27.7. The molecule has 2 amide bonds. The third-order valence-corrected chi connectivity index (χ3v) is 5.21. The molecule has 0 saturated carbocycles. The van der Waals surface area contributed by atoms with Crippen molar-refractivity contribution in [3.8, 4) is 5.75 Å². The number of carbonyl (C=O) groups excluding carboxylic acids is 2. The van der Waals surface area contributed by atoms with E-state index in [1.54, 1.807) is 54.6 Å². The van der Waals surface area contributed by atoms with Gasteiger partial charge in [0.1, 0.15) is 11.4 Å². The summed E-state index contributed by atoms with van der Waals surface area (Å²) in [5, 5.41) is 2.76. The van der Waals surface area contributed by atoms with Crippen molar-refractivity contribution in [1.29, 1.82) is 0 Å². The van der Waals surface area contributed by atoms with Crippen molar-refractivity contribution < 1.29 is 27.5 Å². The molecule has 0 atom stereocenters. The molecule has 1 aliphatic heterocycles. The first kappa shape index (κ1) is 22.1. The highest BCUT2D eigenvalue weighted by molar-refractivity contribution is 6.36. The number of halogens is 3. The van der Waals surface area contributed by atoms with Crippen LogP contribution in [0.25, 0.3) is 5.57 Å². The second-order valence-electron chi connectivity index (χ2n) is 7.33. The molecule has 3 aromatic rings. The molecule has 0 unspecified atom stereocenters. The summed E-state index contributed by atoms with van der Waals surface area (Å²) < 4.78 is 44.8. The lowest BCUT2D eigenvalue weighted by Crippen LogP contribution is -2.32. The minimum absolute atomic E-state index is 0.0496. The number of amides is 2. The Morgan fingerprint density at radius 1 is 0.879 bits per heavy atom. The maximum Gasteiger partial charge on any atom is 0.416 e. The van der Waals surface area contributed by atoms with Crippen LogP contribution >= 0.6 is 0 Å². The average Bonchev–Trinajstić information content (AvgIpc) is 3.04. The number of rotatable bonds is 6. The number of benzene rings is 3. The Morgan fingerprint density at radius 2 is 1.58 bits per heavy atom. The molecule has 0 spiro atoms. The molecular weight excluding hydrogens is 433 g/mol. The van der Waals surface area contributed by atoms with Gasteiger partial charge < -0.3 is 10.1 Å². The van der Waals surface area contributed by atoms with Crippen molar-refractivity contribution in [2.75, 3.05) is 12.4 Å². The summed E-state index contributed by atoms with van der Waals surface area (Å²) in [5.41, 5.74) is 0.293. The topological polar surface area (TPSA) is 58.6 Å². The first-order valence-corrected chi connectivity index (χ1v) is 10.0. The second kappa shape index (κ2) is 8.82. The summed E-state index contributed by atoms with van der Waals surface area (Å²) in [6, 6.07) is 20.0. The lowest BCUT2D eigenvalue weighted by Gasteiger charge is -2.17. The van der Waals surface area contributed by atoms with Gasteiger partial charge in [0.05, 0.1) is 24.8 Å². The summed E-state index contributed by atoms with van der Waals surface area (Å²) in [7, 11) is 1.49. The van der Waals surface area contributed by atoms with Crippen LogP contribution in [-0.4, -0.2) is 23.8 Å². The lowest BCUT2D eigenvalue weighted by molar-refractivity contribution is -0.138. The van der Waals surface area contributed by atoms with Crippen LogP contribution in [0.3, 0.4) is 0 Å². The zero-order valence-corrected chi connectivity index (χ0v) is 17.5. The fourth-order valence-corrected chi connectivity index (χ4v) is 3.63. The molecule has 0 aliphatic carbocycles. The van der Waals surface area contributed by atoms with Gasteiger partial charge in [-0.25, -0.2) is 0 Å². The Balaban J connectivity index is 1.74. The molecular formula is C25H19F3N2O3. The molecule has 0 bridgehead atoms. The van der Waals surface area contributed by atoms with E-state index in [0.717, 1.165) is 17.0 Å². The van der Waals surface area contributed by atoms with E-state index in [-0.39, 0.29) is 23.5 Å². The smallest absolute Gasteiger partial charge is 0.416 e. The predicted octanol–water partition coefficient (Wildman–Crippen LogP) is 5.11. The molecule has 168 valence electrons. The zero-order valence-electron chi connectivity index (χ0n) is 17.5. The fraction of sp³-hybridized carbons (Fsp3) is 0.120. The van der Waals surface area contributed by atoms with E-state index in [0.29, 0.717) is 16.9 Å². The maximum atomic E-state index is 13.3. The van der Waals surface area contributed by atoms with Crippen molar-refractivity contribution in [3.05, 3.63) is 101 Å². The number of anilines is 1. The van der Waals surface area contributed by atoms with Gasteiger partial charge in [0.25, 0.3) is 11.8 Å². The van der Waals surface area contributed by atoms with Crippen LogP contribution in [0.2, 0.25) is 0 Å². The standard InChI is InChI=1S/C25H19F3N2O3/c1-33-20-13-6-5-10-17(20)15-30-23(31)21(16-8-3-2-4-9-16)22(24(30)32)29-19-12-7-11-18(14-19)25(26,27)28/h2-14,29H,15H2,1H3. The number of alkyl halides is 3. The van der Waals surface area contributed by atoms with Crippen LogP contribution < -0.4 is 10.1 Å². The van der Waals surface area contributed by atoms with E-state index in [1.807, 2.05) is 0 Å². The summed E-state index contributed by atoms with van der Waals surface area (Å²) in [6.07, 6.45) is -4.54. The van der Waals surface area contributed by atoms with Gasteiger partial charge in [-0.3, -0.25) is 14.5 Å². The number of hydrogen-bond donors (Lipinski definition) is 1. The average molecular weight is 452 g/mol. The normalized spacial score (nSPS) is 14.1. The molecule has 33 heavy (non-hydrogen) atoms. The summed E-state index contributed by atoms with van der Waals surface area (Å²) in [5.74, 6) is -0.674. The van der Waals surface area contributed by atoms with Crippen molar-refractivity contribution in [3.63, 3.8) is 0 Å². The summed E-state index contributed by atoms with van der Waals surface area (Å²) >= 11 is 0. The number of imide groups is 1. The van der Waals surface area contributed by atoms with Gasteiger partial charge >= 0.3 is 6.18 Å². The van der Waals surface area contributed by atoms with Crippen molar-refractivity contribution in [2.45, 2.75) is 12.7 Å². The molecule has 3 aromatic carbocycles. The van der Waals surface area contributed by atoms with E-state index < -0.39 is 23.6 Å². The molecule has 1 aliphatic rings. The Morgan fingerprint density at radius 3 is 2.27 bits per heavy atom. The Kier molecular flexibility index (Phi) is 5.91. The lowest BCUT2D eigenvalue weighted by atomic mass is 10.0. The number of carbonyl (C=O) groups is 2. The van der Waals surface area contributed by atoms with E-state index in [4.69, 9.17) is 4.74 Å². The van der Waals surface area contributed by atoms with Crippen LogP contribution in [0.4, 0.5) is 18.9 Å². The van der Waals surface area contributed by atoms with Gasteiger partial charge in [-0.15, -0.1) is 0 Å². The van der Waals surface area contributed by atoms with Crippen molar-refractivity contribution >= 4 is 23.1 Å². The van der Waals surface area contributed by atoms with Crippen LogP contribution in [0, 0.1) is 0 Å². The van der Waals surface area contributed by atoms with Crippen molar-refractivity contribution in [2.24, 2.45) is 0 Å². The molecule has 4 rings (SSSR count). The highest BCUT2D eigenvalue weighted by Crippen LogP contribution is 2.34. The Bertz CT molecular complexity index is 1240. The minimum Gasteiger partial charge on any atom is -0.496 e. The van der Waals surface area contributed by atoms with Gasteiger partial charge in [-0.2, -0.15) is 13.2 Å². The number of nitrogens with one attached hydrogen (secondary N) is 1. The monoisotopic (exact) mass is 452 g/mol. The molecule has 1 N–H and O–H groups in total. The molecule has 0 fully saturated rings. The van der Waals surface area contributed by atoms with Gasteiger partial charge in [0.2, 0.25) is 0 Å². The number of nitrogens with zero attached hydrogens (tertiary/aromatic N) is 1. The van der Waals surface area contributed by atoms with Crippen LogP contribution in [0.5, 0.6) is 5.75 Å². The quantitative estimate of drug-likeness (QED) is 0.529. The maximum absolute atomic E-state index is 13.3. The van der Waals surface area contributed by atoms with E-state index >= 15 is 0 Å². The summed E-state index contributed by atoms with van der Waals surface area (Å²) in [6.45, 7) is -0.0498. The minimum atomic E-state index is -4.54. The molecule has 1 heterocycles. The fourth-order valence-electron chi connectivity index (χ4n) is 3.63. The first-order chi connectivity index (χ1) is 15.8. The molecule has 0 aromatic heterocycles. The second-order valence-corrected chi connectivity index (χ2v) is 7.33. The Labute approximate surface area is 188 Å². The van der Waals surface area contributed by atoms with Gasteiger partial charge in [-0.05, 0) is 29.8 Å². The van der Waals surface area contributed by atoms with Crippen molar-refractivity contribution in [1.82, 2.24) is 4.90 Å². The number of hydrogen-bond acceptors (Lipinski definition) is 4. The molecule has 0 saturated heterocycles. The number of ether oxygens (including phenoxy) is 1. The highest BCUT2D eigenvalue weighted by atomic mass is 19.4. The molecule has 5 nitrogen and oxygen atoms in total. The third kappa shape index (κ3) is 4.45. The van der Waals surface area contributed by atoms with E-state index in [9.17, 15) is 22.8 Å². The molecule has 8 heteroatoms. The van der Waals surface area contributed by atoms with E-state index in [1.165, 1.54) is 19.2 Å². The van der Waals surface area contributed by atoms with Crippen LogP contribution in [0.15, 0.2) is 84.6 Å². The highest BCUT2D eigenvalue weighted by Gasteiger charge is 2.40. The molecule has 0 radical (unpaired) electrons. The van der Waals surface area contributed by atoms with E-state index in [2.05, 4.69) is 5.32 Å². The van der Waals surface area contributed by atoms with Gasteiger partial charge in [0, 0.05) is 11.3 Å². The Hall–Kier alpha value is -4.07. The number of methoxy groups -OCH3 is 1. The first-order valence-electron chi connectivity index (χ1n) is 10.0. The van der Waals surface area contributed by atoms with Gasteiger partial charge in [0.15, 0.2) is 0 Å². The largest absolute Gasteiger partial charge is 0.496 e. The number of para-hydroxylation sites is 1. The van der Waals surface area contributed by atoms with Crippen LogP contribution in [0.1, 0.15) is 16.7 Å². The third-order valence-electron chi connectivity index (χ3n) is 5.21. The zero-order chi connectivity index (χ0) is 23.6. The predicted molar refractivity (Wildman–Crippen MR) is 117 cm³/mol. The van der Waals surface area contributed by atoms with Gasteiger partial charge in [-0.1, -0.05) is 54.6 Å². The van der Waals surface area contributed by atoms with Crippen LogP contribution in [-0.2, 0) is 22.3 Å². The SMILES string of the molecule is COc1ccccc1CN1C(=O)C(Nc2cccc(C(F)(F)F)c2)=C(c2ccccc2)C1=O.